The third kappa shape index (κ3) is 6.08. The second kappa shape index (κ2) is 13.0. The largest absolute Gasteiger partial charge is 0.372 e. The zero-order chi connectivity index (χ0) is 23.8. The summed E-state index contributed by atoms with van der Waals surface area (Å²) in [4.78, 5) is 4.77. The minimum absolute atomic E-state index is 0. The van der Waals surface area contributed by atoms with E-state index in [2.05, 4.69) is 129 Å². The number of hydrogen-bond donors (Lipinski definition) is 0. The van der Waals surface area contributed by atoms with Gasteiger partial charge in [-0.05, 0) is 93.3 Å². The maximum absolute atomic E-state index is 2.39. The molecule has 0 saturated heterocycles. The van der Waals surface area contributed by atoms with Crippen molar-refractivity contribution in [3.05, 3.63) is 89.5 Å². The summed E-state index contributed by atoms with van der Waals surface area (Å²) in [5.74, 6) is 0. The summed E-state index contributed by atoms with van der Waals surface area (Å²) in [7, 11) is 2.14. The molecule has 1 aliphatic carbocycles. The molecule has 3 heteroatoms. The molecule has 0 saturated carbocycles. The van der Waals surface area contributed by atoms with E-state index in [0.717, 1.165) is 32.7 Å². The average molecular weight is 459 g/mol. The minimum atomic E-state index is 0. The molecule has 0 N–H and O–H groups in total. The predicted octanol–water partition coefficient (Wildman–Crippen LogP) is 7.05. The summed E-state index contributed by atoms with van der Waals surface area (Å²) in [6.45, 7) is 16.1. The van der Waals surface area contributed by atoms with Crippen LogP contribution in [-0.4, -0.2) is 50.1 Å². The summed E-state index contributed by atoms with van der Waals surface area (Å²) >= 11 is 0. The zero-order valence-corrected chi connectivity index (χ0v) is 21.3. The lowest BCUT2D eigenvalue weighted by Gasteiger charge is -2.23. The molecule has 3 rings (SSSR count). The predicted molar refractivity (Wildman–Crippen MR) is 153 cm³/mol. The molecule has 34 heavy (non-hydrogen) atoms. The van der Waals surface area contributed by atoms with E-state index in [1.54, 1.807) is 0 Å². The van der Waals surface area contributed by atoms with Crippen molar-refractivity contribution in [2.75, 3.05) is 49.6 Å². The Morgan fingerprint density at radius 2 is 1.00 bits per heavy atom. The van der Waals surface area contributed by atoms with Crippen LogP contribution in [0.2, 0.25) is 0 Å². The van der Waals surface area contributed by atoms with Gasteiger partial charge in [-0.1, -0.05) is 31.7 Å². The van der Waals surface area contributed by atoms with Gasteiger partial charge in [0.25, 0.3) is 0 Å². The van der Waals surface area contributed by atoms with Crippen LogP contribution in [0.25, 0.3) is 5.57 Å². The highest BCUT2D eigenvalue weighted by molar-refractivity contribution is 6.04. The Morgan fingerprint density at radius 3 is 1.32 bits per heavy atom. The van der Waals surface area contributed by atoms with Crippen LogP contribution in [0.15, 0.2) is 78.4 Å². The second-order valence-corrected chi connectivity index (χ2v) is 8.37. The minimum Gasteiger partial charge on any atom is -0.372 e. The highest BCUT2D eigenvalue weighted by Gasteiger charge is 2.14. The van der Waals surface area contributed by atoms with E-state index in [-0.39, 0.29) is 7.43 Å². The van der Waals surface area contributed by atoms with Crippen LogP contribution in [0.4, 0.5) is 11.4 Å². The van der Waals surface area contributed by atoms with Crippen LogP contribution in [0.5, 0.6) is 0 Å². The van der Waals surface area contributed by atoms with Crippen molar-refractivity contribution >= 4 is 22.7 Å². The Balaban J connectivity index is 0.00000408. The molecule has 1 aliphatic rings. The van der Waals surface area contributed by atoms with Crippen LogP contribution < -0.4 is 9.80 Å². The quantitative estimate of drug-likeness (QED) is 0.373. The summed E-state index contributed by atoms with van der Waals surface area (Å²) in [6.07, 6.45) is 8.97. The van der Waals surface area contributed by atoms with Gasteiger partial charge in [-0.3, -0.25) is 0 Å². The Morgan fingerprint density at radius 1 is 0.618 bits per heavy atom. The van der Waals surface area contributed by atoms with Crippen molar-refractivity contribution < 1.29 is 4.58 Å². The fourth-order valence-electron chi connectivity index (χ4n) is 4.42. The third-order valence-corrected chi connectivity index (χ3v) is 6.64. The van der Waals surface area contributed by atoms with Gasteiger partial charge in [0.1, 0.15) is 13.6 Å². The number of nitrogens with zero attached hydrogens (tertiary/aromatic N) is 3. The smallest absolute Gasteiger partial charge is 0.199 e. The molecule has 182 valence electrons. The van der Waals surface area contributed by atoms with Crippen molar-refractivity contribution in [2.24, 2.45) is 0 Å². The van der Waals surface area contributed by atoms with Crippen LogP contribution >= 0.6 is 0 Å². The van der Waals surface area contributed by atoms with Gasteiger partial charge in [-0.15, -0.1) is 0 Å². The molecular formula is C31H44N3+. The van der Waals surface area contributed by atoms with E-state index in [1.807, 2.05) is 0 Å². The van der Waals surface area contributed by atoms with Gasteiger partial charge < -0.3 is 9.80 Å². The summed E-state index contributed by atoms with van der Waals surface area (Å²) in [5.41, 5.74) is 8.82. The van der Waals surface area contributed by atoms with E-state index >= 15 is 0 Å². The van der Waals surface area contributed by atoms with Gasteiger partial charge in [0, 0.05) is 49.7 Å². The SMILES string of the molecule is C.CCN(CC)c1ccc(C(=C2C=CC(=[N+](C)CC)C=C2)c2ccc(N(CC)CC)cc2)cc1. The monoisotopic (exact) mass is 458 g/mol. The number of anilines is 2. The molecule has 0 atom stereocenters. The molecule has 2 aromatic rings. The normalized spacial score (nSPS) is 12.4. The summed E-state index contributed by atoms with van der Waals surface area (Å²) in [6, 6.07) is 18.1. The molecule has 0 unspecified atom stereocenters. The lowest BCUT2D eigenvalue weighted by molar-refractivity contribution is -0.491. The Hall–Kier alpha value is -3.07. The molecule has 0 aliphatic heterocycles. The van der Waals surface area contributed by atoms with E-state index in [1.165, 1.54) is 39.4 Å². The lowest BCUT2D eigenvalue weighted by Crippen LogP contribution is -2.21. The van der Waals surface area contributed by atoms with Gasteiger partial charge in [-0.2, -0.15) is 0 Å². The van der Waals surface area contributed by atoms with Crippen LogP contribution in [-0.2, 0) is 0 Å². The second-order valence-electron chi connectivity index (χ2n) is 8.37. The first-order valence-electron chi connectivity index (χ1n) is 12.4. The summed E-state index contributed by atoms with van der Waals surface area (Å²) < 4.78 is 2.27. The van der Waals surface area contributed by atoms with Gasteiger partial charge in [0.05, 0.1) is 0 Å². The maximum Gasteiger partial charge on any atom is 0.199 e. The van der Waals surface area contributed by atoms with Crippen molar-refractivity contribution in [3.8, 4) is 0 Å². The lowest BCUT2D eigenvalue weighted by atomic mass is 9.90. The maximum atomic E-state index is 2.39. The first kappa shape index (κ1) is 27.2. The van der Waals surface area contributed by atoms with E-state index in [9.17, 15) is 0 Å². The summed E-state index contributed by atoms with van der Waals surface area (Å²) in [5, 5.41) is 0. The molecule has 0 spiro atoms. The standard InChI is InChI=1S/C30H40N3.CH4/c1-7-31(6)27-18-12-24(13-19-27)30(25-14-20-28(21-15-25)32(8-2)9-3)26-16-22-29(23-17-26)33(10-4)11-5;/h12-23H,7-11H2,1-6H3;1H4/q+1;. The van der Waals surface area contributed by atoms with Crippen LogP contribution in [0.1, 0.15) is 53.2 Å². The molecular weight excluding hydrogens is 414 g/mol. The number of benzene rings is 2. The molecule has 0 bridgehead atoms. The first-order valence-corrected chi connectivity index (χ1v) is 12.4. The zero-order valence-electron chi connectivity index (χ0n) is 21.3. The number of allylic oxidation sites excluding steroid dienone is 5. The van der Waals surface area contributed by atoms with E-state index in [4.69, 9.17) is 0 Å². The van der Waals surface area contributed by atoms with Crippen molar-refractivity contribution in [1.29, 1.82) is 0 Å². The highest BCUT2D eigenvalue weighted by Crippen LogP contribution is 2.32. The van der Waals surface area contributed by atoms with Gasteiger partial charge in [0.2, 0.25) is 0 Å². The molecule has 3 nitrogen and oxygen atoms in total. The van der Waals surface area contributed by atoms with Crippen molar-refractivity contribution in [2.45, 2.75) is 42.0 Å². The Bertz CT molecular complexity index is 954. The topological polar surface area (TPSA) is 9.49 Å². The molecule has 0 heterocycles. The number of rotatable bonds is 9. The van der Waals surface area contributed by atoms with Gasteiger partial charge >= 0.3 is 0 Å². The Labute approximate surface area is 208 Å². The molecule has 0 aromatic heterocycles. The van der Waals surface area contributed by atoms with E-state index in [0.29, 0.717) is 0 Å². The molecule has 2 aromatic carbocycles. The average Bonchev–Trinajstić information content (AvgIpc) is 2.87. The van der Waals surface area contributed by atoms with Crippen LogP contribution in [0.3, 0.4) is 0 Å². The fraction of sp³-hybridized carbons (Fsp3) is 0.387. The first-order chi connectivity index (χ1) is 16.1. The molecule has 0 radical (unpaired) electrons. The third-order valence-electron chi connectivity index (χ3n) is 6.64. The van der Waals surface area contributed by atoms with Crippen molar-refractivity contribution in [3.63, 3.8) is 0 Å². The van der Waals surface area contributed by atoms with Gasteiger partial charge in [0.15, 0.2) is 5.71 Å². The highest BCUT2D eigenvalue weighted by atomic mass is 15.1. The van der Waals surface area contributed by atoms with Gasteiger partial charge in [-0.25, -0.2) is 4.58 Å². The Kier molecular flexibility index (Phi) is 10.4. The molecule has 0 amide bonds. The molecule has 0 fully saturated rings. The number of hydrogen-bond acceptors (Lipinski definition) is 2. The van der Waals surface area contributed by atoms with E-state index < -0.39 is 0 Å². The fourth-order valence-corrected chi connectivity index (χ4v) is 4.42. The van der Waals surface area contributed by atoms with Crippen molar-refractivity contribution in [1.82, 2.24) is 0 Å². The van der Waals surface area contributed by atoms with Crippen LogP contribution in [0, 0.1) is 0 Å².